The lowest BCUT2D eigenvalue weighted by Gasteiger charge is -2.08. The summed E-state index contributed by atoms with van der Waals surface area (Å²) in [6.07, 6.45) is 0.934. The fourth-order valence-electron chi connectivity index (χ4n) is 2.50. The highest BCUT2D eigenvalue weighted by Gasteiger charge is 2.11. The Morgan fingerprint density at radius 3 is 2.81 bits per heavy atom. The molecule has 2 aromatic carbocycles. The van der Waals surface area contributed by atoms with Crippen LogP contribution in [-0.2, 0) is 11.2 Å². The minimum atomic E-state index is -0.144. The smallest absolute Gasteiger partial charge is 0.234 e. The van der Waals surface area contributed by atoms with E-state index in [0.717, 1.165) is 27.5 Å². The quantitative estimate of drug-likeness (QED) is 0.573. The number of anilines is 1. The van der Waals surface area contributed by atoms with Gasteiger partial charge in [-0.15, -0.1) is 0 Å². The highest BCUT2D eigenvalue weighted by molar-refractivity contribution is 9.10. The van der Waals surface area contributed by atoms with E-state index in [1.54, 1.807) is 0 Å². The molecule has 1 aromatic heterocycles. The van der Waals surface area contributed by atoms with Crippen molar-refractivity contribution in [3.8, 4) is 6.07 Å². The van der Waals surface area contributed by atoms with Gasteiger partial charge in [-0.2, -0.15) is 5.26 Å². The van der Waals surface area contributed by atoms with Crippen LogP contribution in [0.2, 0.25) is 0 Å². The second kappa shape index (κ2) is 8.35. The average Bonchev–Trinajstić information content (AvgIpc) is 2.67. The molecule has 0 radical (unpaired) electrons. The highest BCUT2D eigenvalue weighted by Crippen LogP contribution is 2.26. The maximum Gasteiger partial charge on any atom is 0.234 e. The molecular weight excluding hydrogens is 410 g/mol. The van der Waals surface area contributed by atoms with Gasteiger partial charge in [-0.05, 0) is 58.2 Å². The average molecular weight is 426 g/mol. The maximum atomic E-state index is 12.2. The molecule has 0 spiro atoms. The predicted octanol–water partition coefficient (Wildman–Crippen LogP) is 5.16. The Balaban J connectivity index is 1.77. The number of thioether (sulfide) groups is 1. The molecule has 1 heterocycles. The van der Waals surface area contributed by atoms with Crippen molar-refractivity contribution in [1.29, 1.82) is 5.26 Å². The van der Waals surface area contributed by atoms with Crippen LogP contribution in [0.4, 0.5) is 5.69 Å². The zero-order chi connectivity index (χ0) is 18.5. The first kappa shape index (κ1) is 18.4. The molecule has 1 N–H and O–H groups in total. The van der Waals surface area contributed by atoms with E-state index >= 15 is 0 Å². The van der Waals surface area contributed by atoms with Crippen LogP contribution in [0.3, 0.4) is 0 Å². The van der Waals surface area contributed by atoms with Gasteiger partial charge in [0.05, 0.1) is 22.5 Å². The molecule has 0 bridgehead atoms. The summed E-state index contributed by atoms with van der Waals surface area (Å²) in [6.45, 7) is 2.09. The molecule has 1 amide bonds. The van der Waals surface area contributed by atoms with E-state index in [2.05, 4.69) is 45.3 Å². The summed E-state index contributed by atoms with van der Waals surface area (Å²) in [7, 11) is 0. The fraction of sp³-hybridized carbons (Fsp3) is 0.150. The maximum absolute atomic E-state index is 12.2. The number of amides is 1. The molecule has 0 saturated carbocycles. The summed E-state index contributed by atoms with van der Waals surface area (Å²) in [5.74, 6) is 0.0377. The molecule has 3 rings (SSSR count). The third-order valence-corrected chi connectivity index (χ3v) is 5.54. The van der Waals surface area contributed by atoms with Gasteiger partial charge in [0.15, 0.2) is 0 Å². The molecule has 3 aromatic rings. The third kappa shape index (κ3) is 4.24. The van der Waals surface area contributed by atoms with Crippen LogP contribution < -0.4 is 5.32 Å². The number of rotatable bonds is 5. The molecule has 130 valence electrons. The first-order chi connectivity index (χ1) is 12.6. The van der Waals surface area contributed by atoms with E-state index in [1.807, 2.05) is 42.5 Å². The van der Waals surface area contributed by atoms with Gasteiger partial charge in [0.25, 0.3) is 0 Å². The molecule has 0 unspecified atom stereocenters. The van der Waals surface area contributed by atoms with Crippen molar-refractivity contribution in [2.45, 2.75) is 18.4 Å². The lowest BCUT2D eigenvalue weighted by molar-refractivity contribution is -0.113. The third-order valence-electron chi connectivity index (χ3n) is 3.86. The van der Waals surface area contributed by atoms with Crippen molar-refractivity contribution in [3.63, 3.8) is 0 Å². The summed E-state index contributed by atoms with van der Waals surface area (Å²) in [5.41, 5.74) is 3.24. The van der Waals surface area contributed by atoms with Crippen molar-refractivity contribution in [3.05, 3.63) is 64.1 Å². The molecule has 0 aliphatic rings. The van der Waals surface area contributed by atoms with E-state index < -0.39 is 0 Å². The van der Waals surface area contributed by atoms with Crippen molar-refractivity contribution < 1.29 is 4.79 Å². The lowest BCUT2D eigenvalue weighted by atomic mass is 10.1. The van der Waals surface area contributed by atoms with Crippen molar-refractivity contribution in [2.75, 3.05) is 11.1 Å². The Kier molecular flexibility index (Phi) is 5.92. The van der Waals surface area contributed by atoms with E-state index in [4.69, 9.17) is 0 Å². The molecule has 0 atom stereocenters. The number of aromatic nitrogens is 1. The van der Waals surface area contributed by atoms with Crippen LogP contribution in [0.25, 0.3) is 10.9 Å². The van der Waals surface area contributed by atoms with Gasteiger partial charge in [-0.3, -0.25) is 4.79 Å². The summed E-state index contributed by atoms with van der Waals surface area (Å²) in [5, 5.41) is 13.8. The fourth-order valence-corrected chi connectivity index (χ4v) is 3.65. The second-order valence-corrected chi connectivity index (χ2v) is 7.47. The largest absolute Gasteiger partial charge is 0.324 e. The number of para-hydroxylation sites is 1. The van der Waals surface area contributed by atoms with Crippen LogP contribution in [0, 0.1) is 11.3 Å². The van der Waals surface area contributed by atoms with Gasteiger partial charge in [-0.25, -0.2) is 4.98 Å². The number of nitrogens with zero attached hydrogens (tertiary/aromatic N) is 2. The summed E-state index contributed by atoms with van der Waals surface area (Å²) >= 11 is 4.67. The molecule has 4 nitrogen and oxygen atoms in total. The number of fused-ring (bicyclic) bond motifs is 1. The standard InChI is InChI=1S/C20H16BrN3OS/c1-2-13-7-8-17-14(9-13)10-15(11-22)20(24-17)26-12-19(25)23-18-6-4-3-5-16(18)21/h3-10H,2,12H2,1H3,(H,23,25). The number of benzene rings is 2. The number of carbonyl (C=O) groups excluding carboxylic acids is 1. The first-order valence-corrected chi connectivity index (χ1v) is 9.89. The van der Waals surface area contributed by atoms with Crippen molar-refractivity contribution in [1.82, 2.24) is 4.98 Å². The number of nitriles is 1. The van der Waals surface area contributed by atoms with Crippen LogP contribution in [0.5, 0.6) is 0 Å². The molecule has 0 aliphatic carbocycles. The Bertz CT molecular complexity index is 1010. The number of aryl methyl sites for hydroxylation is 1. The van der Waals surface area contributed by atoms with Crippen LogP contribution in [-0.4, -0.2) is 16.6 Å². The topological polar surface area (TPSA) is 65.8 Å². The van der Waals surface area contributed by atoms with Crippen LogP contribution in [0.1, 0.15) is 18.1 Å². The SMILES string of the molecule is CCc1ccc2nc(SCC(=O)Nc3ccccc3Br)c(C#N)cc2c1. The van der Waals surface area contributed by atoms with E-state index in [0.29, 0.717) is 10.6 Å². The van der Waals surface area contributed by atoms with Crippen LogP contribution in [0.15, 0.2) is 58.0 Å². The Morgan fingerprint density at radius 2 is 2.08 bits per heavy atom. The molecule has 0 saturated heterocycles. The minimum Gasteiger partial charge on any atom is -0.324 e. The number of pyridine rings is 1. The van der Waals surface area contributed by atoms with Gasteiger partial charge in [0, 0.05) is 9.86 Å². The van der Waals surface area contributed by atoms with Crippen LogP contribution >= 0.6 is 27.7 Å². The van der Waals surface area contributed by atoms with Gasteiger partial charge in [-0.1, -0.05) is 36.9 Å². The van der Waals surface area contributed by atoms with Gasteiger partial charge in [0.2, 0.25) is 5.91 Å². The number of nitrogens with one attached hydrogen (secondary N) is 1. The number of carbonyl (C=O) groups is 1. The van der Waals surface area contributed by atoms with Gasteiger partial charge in [0.1, 0.15) is 11.1 Å². The van der Waals surface area contributed by atoms with E-state index in [-0.39, 0.29) is 11.7 Å². The van der Waals surface area contributed by atoms with Gasteiger partial charge >= 0.3 is 0 Å². The van der Waals surface area contributed by atoms with E-state index in [1.165, 1.54) is 17.3 Å². The summed E-state index contributed by atoms with van der Waals surface area (Å²) < 4.78 is 0.826. The Morgan fingerprint density at radius 1 is 1.27 bits per heavy atom. The van der Waals surface area contributed by atoms with E-state index in [9.17, 15) is 10.1 Å². The zero-order valence-electron chi connectivity index (χ0n) is 14.1. The molecular formula is C20H16BrN3OS. The van der Waals surface area contributed by atoms with Gasteiger partial charge < -0.3 is 5.32 Å². The minimum absolute atomic E-state index is 0.144. The number of hydrogen-bond donors (Lipinski definition) is 1. The number of halogens is 1. The number of hydrogen-bond acceptors (Lipinski definition) is 4. The predicted molar refractivity (Wildman–Crippen MR) is 109 cm³/mol. The zero-order valence-corrected chi connectivity index (χ0v) is 16.5. The Labute approximate surface area is 164 Å². The second-order valence-electron chi connectivity index (χ2n) is 5.65. The normalized spacial score (nSPS) is 10.5. The summed E-state index contributed by atoms with van der Waals surface area (Å²) in [4.78, 5) is 16.8. The molecule has 6 heteroatoms. The van der Waals surface area contributed by atoms with Crippen molar-refractivity contribution >= 4 is 50.2 Å². The molecule has 0 fully saturated rings. The summed E-state index contributed by atoms with van der Waals surface area (Å²) in [6, 6.07) is 17.5. The van der Waals surface area contributed by atoms with Crippen molar-refractivity contribution in [2.24, 2.45) is 0 Å². The first-order valence-electron chi connectivity index (χ1n) is 8.11. The Hall–Kier alpha value is -2.36. The molecule has 26 heavy (non-hydrogen) atoms. The monoisotopic (exact) mass is 425 g/mol. The highest BCUT2D eigenvalue weighted by atomic mass is 79.9. The molecule has 0 aliphatic heterocycles. The lowest BCUT2D eigenvalue weighted by Crippen LogP contribution is -2.14.